The lowest BCUT2D eigenvalue weighted by Gasteiger charge is -2.18. The quantitative estimate of drug-likeness (QED) is 0.432. The van der Waals surface area contributed by atoms with Gasteiger partial charge in [-0.15, -0.1) is 0 Å². The first kappa shape index (κ1) is 21.6. The molecule has 3 aromatic rings. The van der Waals surface area contributed by atoms with Gasteiger partial charge in [-0.2, -0.15) is 0 Å². The Morgan fingerprint density at radius 1 is 1.17 bits per heavy atom. The molecule has 0 aliphatic heterocycles. The molecule has 0 atom stereocenters. The summed E-state index contributed by atoms with van der Waals surface area (Å²) in [6, 6.07) is 14.9. The van der Waals surface area contributed by atoms with Gasteiger partial charge in [0, 0.05) is 27.8 Å². The summed E-state index contributed by atoms with van der Waals surface area (Å²) in [5.74, 6) is -0.334. The van der Waals surface area contributed by atoms with E-state index in [1.807, 2.05) is 13.0 Å². The van der Waals surface area contributed by atoms with Crippen LogP contribution in [0.5, 0.6) is 11.5 Å². The molecule has 0 radical (unpaired) electrons. The molecule has 5 nitrogen and oxygen atoms in total. The predicted molar refractivity (Wildman–Crippen MR) is 117 cm³/mol. The van der Waals surface area contributed by atoms with Gasteiger partial charge in [0.2, 0.25) is 0 Å². The Kier molecular flexibility index (Phi) is 6.95. The molecule has 3 aromatic carbocycles. The van der Waals surface area contributed by atoms with Crippen molar-refractivity contribution < 1.29 is 23.8 Å². The maximum absolute atomic E-state index is 14.0. The summed E-state index contributed by atoms with van der Waals surface area (Å²) < 4.78 is 26.2. The molecular formula is C23H21BrFNO4. The molecule has 0 fully saturated rings. The summed E-state index contributed by atoms with van der Waals surface area (Å²) in [4.78, 5) is 11.3. The lowest BCUT2D eigenvalue weighted by Crippen LogP contribution is -2.08. The van der Waals surface area contributed by atoms with Crippen LogP contribution in [0.3, 0.4) is 0 Å². The number of aromatic carboxylic acids is 1. The van der Waals surface area contributed by atoms with Crippen molar-refractivity contribution in [2.24, 2.45) is 0 Å². The average molecular weight is 474 g/mol. The molecule has 7 heteroatoms. The molecule has 0 saturated heterocycles. The van der Waals surface area contributed by atoms with Crippen molar-refractivity contribution in [3.8, 4) is 11.5 Å². The molecule has 2 N–H and O–H groups in total. The molecule has 156 valence electrons. The van der Waals surface area contributed by atoms with Gasteiger partial charge in [0.15, 0.2) is 11.5 Å². The van der Waals surface area contributed by atoms with Gasteiger partial charge in [0.1, 0.15) is 12.4 Å². The first-order chi connectivity index (χ1) is 14.4. The molecule has 0 heterocycles. The predicted octanol–water partition coefficient (Wildman–Crippen LogP) is 5.79. The fourth-order valence-electron chi connectivity index (χ4n) is 2.96. The van der Waals surface area contributed by atoms with Crippen LogP contribution in [0.2, 0.25) is 0 Å². The smallest absolute Gasteiger partial charge is 0.335 e. The van der Waals surface area contributed by atoms with Gasteiger partial charge in [0.25, 0.3) is 0 Å². The first-order valence-electron chi connectivity index (χ1n) is 9.20. The number of halogens is 2. The third kappa shape index (κ3) is 4.91. The second-order valence-electron chi connectivity index (χ2n) is 6.63. The normalized spacial score (nSPS) is 10.5. The Hall–Kier alpha value is -3.06. The number of carbonyl (C=O) groups is 1. The van der Waals surface area contributed by atoms with Gasteiger partial charge >= 0.3 is 5.97 Å². The van der Waals surface area contributed by atoms with Crippen molar-refractivity contribution in [2.45, 2.75) is 20.1 Å². The van der Waals surface area contributed by atoms with Crippen LogP contribution in [-0.2, 0) is 13.2 Å². The highest BCUT2D eigenvalue weighted by Gasteiger charge is 2.16. The van der Waals surface area contributed by atoms with E-state index in [-0.39, 0.29) is 18.0 Å². The van der Waals surface area contributed by atoms with Gasteiger partial charge in [0.05, 0.1) is 12.7 Å². The maximum Gasteiger partial charge on any atom is 0.335 e. The zero-order valence-electron chi connectivity index (χ0n) is 16.5. The van der Waals surface area contributed by atoms with E-state index in [9.17, 15) is 14.3 Å². The molecule has 0 aliphatic carbocycles. The largest absolute Gasteiger partial charge is 0.493 e. The van der Waals surface area contributed by atoms with Gasteiger partial charge in [-0.1, -0.05) is 40.2 Å². The van der Waals surface area contributed by atoms with Crippen molar-refractivity contribution >= 4 is 27.6 Å². The zero-order valence-corrected chi connectivity index (χ0v) is 18.1. The third-order valence-corrected chi connectivity index (χ3v) is 5.40. The van der Waals surface area contributed by atoms with E-state index in [1.165, 1.54) is 13.2 Å². The minimum Gasteiger partial charge on any atom is -0.493 e. The van der Waals surface area contributed by atoms with Crippen LogP contribution >= 0.6 is 15.9 Å². The Morgan fingerprint density at radius 2 is 1.93 bits per heavy atom. The van der Waals surface area contributed by atoms with Crippen LogP contribution < -0.4 is 14.8 Å². The zero-order chi connectivity index (χ0) is 21.7. The van der Waals surface area contributed by atoms with E-state index >= 15 is 0 Å². The minimum absolute atomic E-state index is 0.0417. The van der Waals surface area contributed by atoms with E-state index < -0.39 is 5.97 Å². The van der Waals surface area contributed by atoms with Crippen LogP contribution in [-0.4, -0.2) is 18.2 Å². The lowest BCUT2D eigenvalue weighted by atomic mass is 10.1. The number of carboxylic acids is 1. The monoisotopic (exact) mass is 473 g/mol. The average Bonchev–Trinajstić information content (AvgIpc) is 2.73. The minimum atomic E-state index is -0.991. The van der Waals surface area contributed by atoms with Crippen LogP contribution in [0.4, 0.5) is 10.1 Å². The molecule has 30 heavy (non-hydrogen) atoms. The Labute approximate surface area is 182 Å². The number of hydrogen-bond acceptors (Lipinski definition) is 4. The van der Waals surface area contributed by atoms with Crippen LogP contribution in [0.25, 0.3) is 0 Å². The molecule has 3 rings (SSSR count). The van der Waals surface area contributed by atoms with Gasteiger partial charge in [-0.3, -0.25) is 0 Å². The first-order valence-corrected chi connectivity index (χ1v) is 9.99. The number of anilines is 1. The lowest BCUT2D eigenvalue weighted by molar-refractivity contribution is 0.0697. The molecule has 0 aliphatic rings. The number of rotatable bonds is 8. The number of ether oxygens (including phenoxy) is 2. The molecule has 0 unspecified atom stereocenters. The molecular weight excluding hydrogens is 453 g/mol. The summed E-state index contributed by atoms with van der Waals surface area (Å²) in [6.45, 7) is 2.28. The number of nitrogens with one attached hydrogen (secondary N) is 1. The summed E-state index contributed by atoms with van der Waals surface area (Å²) in [5, 5.41) is 12.5. The van der Waals surface area contributed by atoms with Crippen molar-refractivity contribution in [3.05, 3.63) is 87.1 Å². The molecule has 0 bridgehead atoms. The highest BCUT2D eigenvalue weighted by atomic mass is 79.9. The second kappa shape index (κ2) is 9.63. The highest BCUT2D eigenvalue weighted by Crippen LogP contribution is 2.37. The molecule has 0 aromatic heterocycles. The van der Waals surface area contributed by atoms with Gasteiger partial charge in [-0.05, 0) is 42.8 Å². The van der Waals surface area contributed by atoms with E-state index in [0.717, 1.165) is 15.6 Å². The van der Waals surface area contributed by atoms with Crippen molar-refractivity contribution in [1.82, 2.24) is 0 Å². The number of methoxy groups -OCH3 is 1. The maximum atomic E-state index is 14.0. The summed E-state index contributed by atoms with van der Waals surface area (Å²) in [7, 11) is 1.54. The van der Waals surface area contributed by atoms with Crippen LogP contribution in [0.15, 0.2) is 59.1 Å². The Bertz CT molecular complexity index is 1070. The second-order valence-corrected chi connectivity index (χ2v) is 7.48. The van der Waals surface area contributed by atoms with Crippen molar-refractivity contribution in [2.75, 3.05) is 12.4 Å². The highest BCUT2D eigenvalue weighted by molar-refractivity contribution is 9.10. The van der Waals surface area contributed by atoms with Crippen LogP contribution in [0.1, 0.15) is 27.0 Å². The topological polar surface area (TPSA) is 67.8 Å². The summed E-state index contributed by atoms with van der Waals surface area (Å²) >= 11 is 3.54. The van der Waals surface area contributed by atoms with E-state index in [0.29, 0.717) is 29.3 Å². The van der Waals surface area contributed by atoms with Crippen molar-refractivity contribution in [3.63, 3.8) is 0 Å². The SMILES string of the molecule is COc1ccc(Br)c(CNc2cc(C(=O)O)ccc2C)c1OCc1ccccc1F. The number of aryl methyl sites for hydroxylation is 1. The number of carboxylic acid groups (broad SMARTS) is 1. The standard InChI is InChI=1S/C23H21BrFNO4/c1-14-7-8-15(23(27)28)11-20(14)26-12-17-18(24)9-10-21(29-2)22(17)30-13-16-5-3-4-6-19(16)25/h3-11,26H,12-13H2,1-2H3,(H,27,28). The Balaban J connectivity index is 1.88. The Morgan fingerprint density at radius 3 is 2.63 bits per heavy atom. The summed E-state index contributed by atoms with van der Waals surface area (Å²) in [6.07, 6.45) is 0. The fourth-order valence-corrected chi connectivity index (χ4v) is 3.41. The van der Waals surface area contributed by atoms with Gasteiger partial charge in [-0.25, -0.2) is 9.18 Å². The third-order valence-electron chi connectivity index (χ3n) is 4.66. The molecule has 0 saturated carbocycles. The van der Waals surface area contributed by atoms with Gasteiger partial charge < -0.3 is 19.9 Å². The summed E-state index contributed by atoms with van der Waals surface area (Å²) in [5.41, 5.74) is 3.01. The number of hydrogen-bond donors (Lipinski definition) is 2. The molecule has 0 spiro atoms. The molecule has 0 amide bonds. The van der Waals surface area contributed by atoms with Crippen LogP contribution in [0, 0.1) is 12.7 Å². The van der Waals surface area contributed by atoms with E-state index in [1.54, 1.807) is 42.5 Å². The van der Waals surface area contributed by atoms with E-state index in [2.05, 4.69) is 21.2 Å². The number of benzene rings is 3. The van der Waals surface area contributed by atoms with Crippen molar-refractivity contribution in [1.29, 1.82) is 0 Å². The fraction of sp³-hybridized carbons (Fsp3) is 0.174. The van der Waals surface area contributed by atoms with E-state index in [4.69, 9.17) is 9.47 Å².